The highest BCUT2D eigenvalue weighted by Crippen LogP contribution is 2.24. The van der Waals surface area contributed by atoms with Gasteiger partial charge in [-0.2, -0.15) is 0 Å². The number of benzene rings is 2. The van der Waals surface area contributed by atoms with Gasteiger partial charge in [0.25, 0.3) is 5.91 Å². The molecule has 0 heterocycles. The maximum absolute atomic E-state index is 12.7. The van der Waals surface area contributed by atoms with Crippen molar-refractivity contribution in [2.45, 2.75) is 27.7 Å². The summed E-state index contributed by atoms with van der Waals surface area (Å²) < 4.78 is 25.9. The zero-order valence-electron chi connectivity index (χ0n) is 18.0. The Morgan fingerprint density at radius 3 is 2.37 bits per heavy atom. The molecule has 30 heavy (non-hydrogen) atoms. The summed E-state index contributed by atoms with van der Waals surface area (Å²) in [7, 11) is -3.70. The van der Waals surface area contributed by atoms with Crippen molar-refractivity contribution in [1.29, 1.82) is 0 Å². The molecule has 0 saturated carbocycles. The van der Waals surface area contributed by atoms with E-state index in [4.69, 9.17) is 0 Å². The Labute approximate surface area is 178 Å². The van der Waals surface area contributed by atoms with E-state index >= 15 is 0 Å². The fourth-order valence-corrected chi connectivity index (χ4v) is 3.78. The van der Waals surface area contributed by atoms with Crippen LogP contribution in [0.15, 0.2) is 42.5 Å². The van der Waals surface area contributed by atoms with Gasteiger partial charge in [-0.05, 0) is 49.1 Å². The van der Waals surface area contributed by atoms with Crippen molar-refractivity contribution in [2.75, 3.05) is 29.0 Å². The Morgan fingerprint density at radius 1 is 1.07 bits per heavy atom. The van der Waals surface area contributed by atoms with E-state index in [2.05, 4.69) is 10.6 Å². The zero-order valence-corrected chi connectivity index (χ0v) is 18.8. The highest BCUT2D eigenvalue weighted by Gasteiger charge is 2.23. The Morgan fingerprint density at radius 2 is 1.73 bits per heavy atom. The van der Waals surface area contributed by atoms with E-state index in [1.165, 1.54) is 0 Å². The average Bonchev–Trinajstić information content (AvgIpc) is 2.66. The fourth-order valence-electron chi connectivity index (χ4n) is 2.87. The van der Waals surface area contributed by atoms with E-state index in [0.29, 0.717) is 23.5 Å². The molecule has 2 aromatic rings. The number of amides is 2. The number of hydrogen-bond acceptors (Lipinski definition) is 4. The standard InChI is InChI=1S/C22H29N3O4S/c1-15(2)13-23-22(27)18-8-6-7-9-19(18)24-21(26)14-25(30(5,28)29)20-12-16(3)10-11-17(20)4/h6-12,15H,13-14H2,1-5H3,(H,23,27)(H,24,26). The van der Waals surface area contributed by atoms with Crippen molar-refractivity contribution >= 4 is 33.2 Å². The summed E-state index contributed by atoms with van der Waals surface area (Å²) in [5.41, 5.74) is 2.74. The van der Waals surface area contributed by atoms with Crippen LogP contribution >= 0.6 is 0 Å². The van der Waals surface area contributed by atoms with Crippen molar-refractivity contribution in [3.8, 4) is 0 Å². The van der Waals surface area contributed by atoms with E-state index in [1.54, 1.807) is 37.3 Å². The predicted molar refractivity (Wildman–Crippen MR) is 120 cm³/mol. The Bertz CT molecular complexity index is 1030. The lowest BCUT2D eigenvalue weighted by atomic mass is 10.1. The quantitative estimate of drug-likeness (QED) is 0.671. The van der Waals surface area contributed by atoms with Gasteiger partial charge in [-0.15, -0.1) is 0 Å². The topological polar surface area (TPSA) is 95.6 Å². The van der Waals surface area contributed by atoms with Crippen LogP contribution in [0.25, 0.3) is 0 Å². The molecule has 0 aliphatic rings. The van der Waals surface area contributed by atoms with Crippen molar-refractivity contribution < 1.29 is 18.0 Å². The number of hydrogen-bond donors (Lipinski definition) is 2. The van der Waals surface area contributed by atoms with Gasteiger partial charge in [-0.1, -0.05) is 38.1 Å². The van der Waals surface area contributed by atoms with Gasteiger partial charge in [0.05, 0.1) is 23.2 Å². The van der Waals surface area contributed by atoms with Gasteiger partial charge >= 0.3 is 0 Å². The van der Waals surface area contributed by atoms with Crippen LogP contribution in [0.4, 0.5) is 11.4 Å². The largest absolute Gasteiger partial charge is 0.352 e. The van der Waals surface area contributed by atoms with Crippen LogP contribution in [-0.2, 0) is 14.8 Å². The summed E-state index contributed by atoms with van der Waals surface area (Å²) in [4.78, 5) is 25.2. The number of para-hydroxylation sites is 1. The van der Waals surface area contributed by atoms with Crippen LogP contribution in [0.5, 0.6) is 0 Å². The van der Waals surface area contributed by atoms with Crippen LogP contribution in [0.3, 0.4) is 0 Å². The summed E-state index contributed by atoms with van der Waals surface area (Å²) in [6.07, 6.45) is 1.06. The molecule has 0 bridgehead atoms. The third-order valence-corrected chi connectivity index (χ3v) is 5.56. The van der Waals surface area contributed by atoms with Gasteiger partial charge in [-0.3, -0.25) is 13.9 Å². The lowest BCUT2D eigenvalue weighted by Crippen LogP contribution is -2.38. The van der Waals surface area contributed by atoms with Crippen LogP contribution < -0.4 is 14.9 Å². The summed E-state index contributed by atoms with van der Waals surface area (Å²) >= 11 is 0. The molecule has 0 aromatic heterocycles. The first-order valence-corrected chi connectivity index (χ1v) is 11.6. The van der Waals surface area contributed by atoms with E-state index in [0.717, 1.165) is 21.7 Å². The highest BCUT2D eigenvalue weighted by molar-refractivity contribution is 7.92. The van der Waals surface area contributed by atoms with E-state index < -0.39 is 22.5 Å². The molecule has 2 aromatic carbocycles. The SMILES string of the molecule is Cc1ccc(C)c(N(CC(=O)Nc2ccccc2C(=O)NCC(C)C)S(C)(=O)=O)c1. The van der Waals surface area contributed by atoms with Gasteiger partial charge in [0, 0.05) is 6.54 Å². The number of carbonyl (C=O) groups excluding carboxylic acids is 2. The van der Waals surface area contributed by atoms with Gasteiger partial charge in [-0.25, -0.2) is 8.42 Å². The summed E-state index contributed by atoms with van der Waals surface area (Å²) in [6, 6.07) is 12.1. The van der Waals surface area contributed by atoms with Crippen molar-refractivity contribution in [3.63, 3.8) is 0 Å². The van der Waals surface area contributed by atoms with Gasteiger partial charge in [0.2, 0.25) is 15.9 Å². The zero-order chi connectivity index (χ0) is 22.5. The van der Waals surface area contributed by atoms with Crippen molar-refractivity contribution in [2.24, 2.45) is 5.92 Å². The number of aryl methyl sites for hydroxylation is 2. The highest BCUT2D eigenvalue weighted by atomic mass is 32.2. The molecule has 2 amide bonds. The predicted octanol–water partition coefficient (Wildman–Crippen LogP) is 3.09. The number of nitrogens with one attached hydrogen (secondary N) is 2. The van der Waals surface area contributed by atoms with Crippen LogP contribution in [0, 0.1) is 19.8 Å². The Hall–Kier alpha value is -2.87. The lowest BCUT2D eigenvalue weighted by molar-refractivity contribution is -0.114. The minimum Gasteiger partial charge on any atom is -0.352 e. The van der Waals surface area contributed by atoms with Crippen LogP contribution in [0.2, 0.25) is 0 Å². The molecule has 2 N–H and O–H groups in total. The minimum absolute atomic E-state index is 0.289. The first kappa shape index (κ1) is 23.4. The molecule has 0 fully saturated rings. The summed E-state index contributed by atoms with van der Waals surface area (Å²) in [5.74, 6) is -0.545. The molecular weight excluding hydrogens is 402 g/mol. The minimum atomic E-state index is -3.70. The maximum atomic E-state index is 12.7. The second kappa shape index (κ2) is 9.75. The van der Waals surface area contributed by atoms with Gasteiger partial charge in [0.15, 0.2) is 0 Å². The molecule has 2 rings (SSSR count). The van der Waals surface area contributed by atoms with E-state index in [9.17, 15) is 18.0 Å². The van der Waals surface area contributed by atoms with Crippen LogP contribution in [0.1, 0.15) is 35.3 Å². The number of carbonyl (C=O) groups is 2. The number of nitrogens with zero attached hydrogens (tertiary/aromatic N) is 1. The van der Waals surface area contributed by atoms with Gasteiger partial charge < -0.3 is 10.6 Å². The normalized spacial score (nSPS) is 11.3. The second-order valence-electron chi connectivity index (χ2n) is 7.76. The summed E-state index contributed by atoms with van der Waals surface area (Å²) in [6.45, 7) is 7.73. The first-order valence-electron chi connectivity index (χ1n) is 9.71. The molecule has 0 radical (unpaired) electrons. The number of rotatable bonds is 8. The molecule has 0 aliphatic carbocycles. The smallest absolute Gasteiger partial charge is 0.253 e. The molecule has 162 valence electrons. The first-order chi connectivity index (χ1) is 14.0. The molecule has 0 atom stereocenters. The third-order valence-electron chi connectivity index (χ3n) is 4.44. The molecule has 0 saturated heterocycles. The number of anilines is 2. The van der Waals surface area contributed by atoms with Crippen molar-refractivity contribution in [3.05, 3.63) is 59.2 Å². The van der Waals surface area contributed by atoms with E-state index in [-0.39, 0.29) is 11.8 Å². The van der Waals surface area contributed by atoms with Crippen LogP contribution in [-0.4, -0.2) is 39.6 Å². The molecule has 0 unspecified atom stereocenters. The second-order valence-corrected chi connectivity index (χ2v) is 9.66. The average molecular weight is 432 g/mol. The maximum Gasteiger partial charge on any atom is 0.253 e. The monoisotopic (exact) mass is 431 g/mol. The molecular formula is C22H29N3O4S. The van der Waals surface area contributed by atoms with Crippen molar-refractivity contribution in [1.82, 2.24) is 5.32 Å². The molecule has 0 aliphatic heterocycles. The fraction of sp³-hybridized carbons (Fsp3) is 0.364. The van der Waals surface area contributed by atoms with E-state index in [1.807, 2.05) is 32.9 Å². The number of sulfonamides is 1. The Kier molecular flexibility index (Phi) is 7.61. The Balaban J connectivity index is 2.25. The lowest BCUT2D eigenvalue weighted by Gasteiger charge is -2.24. The molecule has 0 spiro atoms. The van der Waals surface area contributed by atoms with Gasteiger partial charge in [0.1, 0.15) is 6.54 Å². The molecule has 7 nitrogen and oxygen atoms in total. The third kappa shape index (κ3) is 6.32. The molecule has 8 heteroatoms. The summed E-state index contributed by atoms with van der Waals surface area (Å²) in [5, 5.41) is 5.50.